The molecule has 0 spiro atoms. The quantitative estimate of drug-likeness (QED) is 0.792. The Morgan fingerprint density at radius 2 is 2.16 bits per heavy atom. The van der Waals surface area contributed by atoms with Crippen molar-refractivity contribution in [3.05, 3.63) is 29.8 Å². The molecule has 5 heteroatoms. The lowest BCUT2D eigenvalue weighted by Crippen LogP contribution is -2.55. The summed E-state index contributed by atoms with van der Waals surface area (Å²) in [6.07, 6.45) is 0.153. The average Bonchev–Trinajstić information content (AvgIpc) is 2.44. The summed E-state index contributed by atoms with van der Waals surface area (Å²) in [6, 6.07) is 10.8. The largest absolute Gasteiger partial charge is 0.357 e. The molecular weight excluding hydrogens is 240 g/mol. The van der Waals surface area contributed by atoms with E-state index in [2.05, 4.69) is 12.1 Å². The molecule has 96 valence electrons. The molecule has 19 heavy (non-hydrogen) atoms. The number of carbonyl (C=O) groups excluding carboxylic acids is 1. The van der Waals surface area contributed by atoms with Crippen molar-refractivity contribution in [2.75, 3.05) is 25.0 Å². The predicted molar refractivity (Wildman–Crippen MR) is 70.2 cm³/mol. The second kappa shape index (κ2) is 5.41. The molecule has 0 aromatic heterocycles. The standard InChI is InChI=1S/C14H14N4O/c1-17-7-8-18(13(5-6-15)14(17)19)12-4-2-3-11(9-12)10-16/h2-4,9,13H,5,7-8H2,1H3. The van der Waals surface area contributed by atoms with Crippen LogP contribution in [0.5, 0.6) is 0 Å². The van der Waals surface area contributed by atoms with Crippen molar-refractivity contribution in [1.82, 2.24) is 4.90 Å². The molecule has 0 saturated carbocycles. The van der Waals surface area contributed by atoms with E-state index in [0.717, 1.165) is 5.69 Å². The van der Waals surface area contributed by atoms with Gasteiger partial charge in [0.25, 0.3) is 0 Å². The summed E-state index contributed by atoms with van der Waals surface area (Å²) in [5, 5.41) is 17.8. The first-order valence-corrected chi connectivity index (χ1v) is 6.06. The number of amides is 1. The highest BCUT2D eigenvalue weighted by Crippen LogP contribution is 2.23. The number of hydrogen-bond acceptors (Lipinski definition) is 4. The summed E-state index contributed by atoms with van der Waals surface area (Å²) in [6.45, 7) is 1.29. The normalized spacial score (nSPS) is 18.9. The van der Waals surface area contributed by atoms with Gasteiger partial charge in [0.05, 0.1) is 24.1 Å². The van der Waals surface area contributed by atoms with Crippen LogP contribution < -0.4 is 4.90 Å². The highest BCUT2D eigenvalue weighted by molar-refractivity contribution is 5.86. The van der Waals surface area contributed by atoms with Crippen LogP contribution in [-0.4, -0.2) is 37.0 Å². The zero-order chi connectivity index (χ0) is 13.8. The first kappa shape index (κ1) is 12.9. The van der Waals surface area contributed by atoms with Gasteiger partial charge in [-0.25, -0.2) is 0 Å². The molecule has 2 rings (SSSR count). The van der Waals surface area contributed by atoms with E-state index >= 15 is 0 Å². The third-order valence-electron chi connectivity index (χ3n) is 3.31. The van der Waals surface area contributed by atoms with E-state index in [1.807, 2.05) is 11.0 Å². The number of benzene rings is 1. The van der Waals surface area contributed by atoms with E-state index in [0.29, 0.717) is 18.7 Å². The lowest BCUT2D eigenvalue weighted by molar-refractivity contribution is -0.132. The van der Waals surface area contributed by atoms with E-state index < -0.39 is 6.04 Å². The van der Waals surface area contributed by atoms with Gasteiger partial charge in [-0.1, -0.05) is 6.07 Å². The number of carbonyl (C=O) groups is 1. The van der Waals surface area contributed by atoms with Crippen LogP contribution in [0.2, 0.25) is 0 Å². The van der Waals surface area contributed by atoms with Crippen LogP contribution in [-0.2, 0) is 4.79 Å². The maximum absolute atomic E-state index is 12.1. The van der Waals surface area contributed by atoms with Crippen LogP contribution in [0, 0.1) is 22.7 Å². The number of nitriles is 2. The lowest BCUT2D eigenvalue weighted by Gasteiger charge is -2.39. The van der Waals surface area contributed by atoms with Gasteiger partial charge < -0.3 is 9.80 Å². The van der Waals surface area contributed by atoms with Crippen molar-refractivity contribution < 1.29 is 4.79 Å². The fourth-order valence-corrected chi connectivity index (χ4v) is 2.26. The van der Waals surface area contributed by atoms with Crippen molar-refractivity contribution in [1.29, 1.82) is 10.5 Å². The Kier molecular flexibility index (Phi) is 3.68. The number of rotatable bonds is 2. The van der Waals surface area contributed by atoms with Gasteiger partial charge in [-0.15, -0.1) is 0 Å². The Morgan fingerprint density at radius 3 is 2.84 bits per heavy atom. The number of anilines is 1. The van der Waals surface area contributed by atoms with E-state index in [1.165, 1.54) is 0 Å². The van der Waals surface area contributed by atoms with E-state index in [1.54, 1.807) is 30.1 Å². The maximum Gasteiger partial charge on any atom is 0.246 e. The molecule has 0 bridgehead atoms. The molecule has 1 heterocycles. The molecule has 0 aliphatic carbocycles. The van der Waals surface area contributed by atoms with Crippen molar-refractivity contribution >= 4 is 11.6 Å². The first-order chi connectivity index (χ1) is 9.17. The SMILES string of the molecule is CN1CCN(c2cccc(C#N)c2)C(CC#N)C1=O. The molecule has 1 aromatic carbocycles. The number of likely N-dealkylation sites (N-methyl/N-ethyl adjacent to an activating group) is 1. The fraction of sp³-hybridized carbons (Fsp3) is 0.357. The van der Waals surface area contributed by atoms with Gasteiger partial charge in [0, 0.05) is 25.8 Å². The summed E-state index contributed by atoms with van der Waals surface area (Å²) in [7, 11) is 1.75. The molecule has 1 aliphatic rings. The molecule has 5 nitrogen and oxygen atoms in total. The molecular formula is C14H14N4O. The first-order valence-electron chi connectivity index (χ1n) is 6.06. The van der Waals surface area contributed by atoms with Crippen molar-refractivity contribution in [3.63, 3.8) is 0 Å². The molecule has 1 amide bonds. The van der Waals surface area contributed by atoms with Crippen LogP contribution in [0.25, 0.3) is 0 Å². The Morgan fingerprint density at radius 1 is 1.37 bits per heavy atom. The third kappa shape index (κ3) is 2.51. The van der Waals surface area contributed by atoms with Crippen molar-refractivity contribution in [3.8, 4) is 12.1 Å². The molecule has 1 fully saturated rings. The van der Waals surface area contributed by atoms with Crippen molar-refractivity contribution in [2.24, 2.45) is 0 Å². The Hall–Kier alpha value is -2.53. The molecule has 1 saturated heterocycles. The van der Waals surface area contributed by atoms with Gasteiger partial charge in [0.1, 0.15) is 6.04 Å². The smallest absolute Gasteiger partial charge is 0.246 e. The van der Waals surface area contributed by atoms with Crippen molar-refractivity contribution in [2.45, 2.75) is 12.5 Å². The number of hydrogen-bond donors (Lipinski definition) is 0. The minimum absolute atomic E-state index is 0.0461. The molecule has 1 aliphatic heterocycles. The van der Waals surface area contributed by atoms with Crippen LogP contribution in [0.15, 0.2) is 24.3 Å². The lowest BCUT2D eigenvalue weighted by atomic mass is 10.1. The monoisotopic (exact) mass is 254 g/mol. The average molecular weight is 254 g/mol. The second-order valence-corrected chi connectivity index (χ2v) is 4.49. The molecule has 1 aromatic rings. The summed E-state index contributed by atoms with van der Waals surface area (Å²) in [4.78, 5) is 15.7. The van der Waals surface area contributed by atoms with Gasteiger partial charge >= 0.3 is 0 Å². The Balaban J connectivity index is 2.33. The van der Waals surface area contributed by atoms with E-state index in [9.17, 15) is 4.79 Å². The highest BCUT2D eigenvalue weighted by Gasteiger charge is 2.32. The molecule has 1 atom stereocenters. The zero-order valence-corrected chi connectivity index (χ0v) is 10.7. The van der Waals surface area contributed by atoms with Crippen LogP contribution in [0.1, 0.15) is 12.0 Å². The van der Waals surface area contributed by atoms with Gasteiger partial charge in [0.15, 0.2) is 0 Å². The van der Waals surface area contributed by atoms with E-state index in [-0.39, 0.29) is 12.3 Å². The summed E-state index contributed by atoms with van der Waals surface area (Å²) < 4.78 is 0. The topological polar surface area (TPSA) is 71.1 Å². The second-order valence-electron chi connectivity index (χ2n) is 4.49. The summed E-state index contributed by atoms with van der Waals surface area (Å²) in [5.41, 5.74) is 1.38. The molecule has 1 unspecified atom stereocenters. The molecule has 0 radical (unpaired) electrons. The highest BCUT2D eigenvalue weighted by atomic mass is 16.2. The van der Waals surface area contributed by atoms with Crippen LogP contribution in [0.3, 0.4) is 0 Å². The van der Waals surface area contributed by atoms with Gasteiger partial charge in [-0.3, -0.25) is 4.79 Å². The van der Waals surface area contributed by atoms with Gasteiger partial charge in [-0.2, -0.15) is 10.5 Å². The number of nitrogens with zero attached hydrogens (tertiary/aromatic N) is 4. The summed E-state index contributed by atoms with van der Waals surface area (Å²) in [5.74, 6) is -0.0461. The number of piperazine rings is 1. The zero-order valence-electron chi connectivity index (χ0n) is 10.7. The Bertz CT molecular complexity index is 570. The Labute approximate surface area is 112 Å². The molecule has 0 N–H and O–H groups in total. The van der Waals surface area contributed by atoms with Gasteiger partial charge in [-0.05, 0) is 18.2 Å². The fourth-order valence-electron chi connectivity index (χ4n) is 2.26. The third-order valence-corrected chi connectivity index (χ3v) is 3.31. The van der Waals surface area contributed by atoms with Crippen LogP contribution >= 0.6 is 0 Å². The summed E-state index contributed by atoms with van der Waals surface area (Å²) >= 11 is 0. The minimum Gasteiger partial charge on any atom is -0.357 e. The van der Waals surface area contributed by atoms with E-state index in [4.69, 9.17) is 10.5 Å². The predicted octanol–water partition coefficient (Wildman–Crippen LogP) is 1.12. The van der Waals surface area contributed by atoms with Crippen LogP contribution in [0.4, 0.5) is 5.69 Å². The van der Waals surface area contributed by atoms with Gasteiger partial charge in [0.2, 0.25) is 5.91 Å². The maximum atomic E-state index is 12.1. The minimum atomic E-state index is -0.460.